The Morgan fingerprint density at radius 2 is 1.82 bits per heavy atom. The molecule has 0 aliphatic heterocycles. The fourth-order valence-corrected chi connectivity index (χ4v) is 1.47. The largest absolute Gasteiger partial charge is 0.353 e. The average Bonchev–Trinajstić information content (AvgIpc) is 2.08. The molecule has 2 nitrogen and oxygen atoms in total. The molecule has 0 unspecified atom stereocenters. The van der Waals surface area contributed by atoms with Crippen molar-refractivity contribution in [1.29, 1.82) is 0 Å². The number of halogens is 1. The zero-order valence-electron chi connectivity index (χ0n) is 7.52. The van der Waals surface area contributed by atoms with E-state index < -0.39 is 0 Å². The lowest BCUT2D eigenvalue weighted by Gasteiger charge is -2.29. The first kappa shape index (κ1) is 11.6. The second-order valence-corrected chi connectivity index (χ2v) is 3.54. The molecule has 0 aromatic heterocycles. The van der Waals surface area contributed by atoms with Crippen LogP contribution in [0.5, 0.6) is 0 Å². The minimum atomic E-state index is -0.328. The summed E-state index contributed by atoms with van der Waals surface area (Å²) in [5, 5.41) is 0. The van der Waals surface area contributed by atoms with Crippen molar-refractivity contribution in [2.24, 2.45) is 0 Å². The van der Waals surface area contributed by atoms with Crippen LogP contribution in [0.3, 0.4) is 0 Å². The minimum Gasteiger partial charge on any atom is -0.353 e. The van der Waals surface area contributed by atoms with E-state index in [9.17, 15) is 0 Å². The molecule has 0 rings (SSSR count). The lowest BCUT2D eigenvalue weighted by molar-refractivity contribution is -0.212. The number of hydrogen-bond acceptors (Lipinski definition) is 2. The molecule has 0 spiro atoms. The molecule has 0 saturated heterocycles. The lowest BCUT2D eigenvalue weighted by Crippen LogP contribution is -2.32. The maximum absolute atomic E-state index is 5.31. The van der Waals surface area contributed by atoms with Gasteiger partial charge in [0.2, 0.25) is 0 Å². The summed E-state index contributed by atoms with van der Waals surface area (Å²) in [6, 6.07) is 0. The lowest BCUT2D eigenvalue weighted by atomic mass is 10.1. The zero-order chi connectivity index (χ0) is 8.74. The molecule has 0 atom stereocenters. The molecule has 0 N–H and O–H groups in total. The molecular weight excluding hydrogens is 255 g/mol. The number of ether oxygens (including phenoxy) is 2. The SMILES string of the molecule is CCC(CCCI)(OC)OC. The first-order chi connectivity index (χ1) is 5.24. The fraction of sp³-hybridized carbons (Fsp3) is 1.00. The number of methoxy groups -OCH3 is 2. The van der Waals surface area contributed by atoms with E-state index in [1.807, 2.05) is 0 Å². The molecule has 0 heterocycles. The van der Waals surface area contributed by atoms with Crippen molar-refractivity contribution in [3.05, 3.63) is 0 Å². The summed E-state index contributed by atoms with van der Waals surface area (Å²) >= 11 is 2.37. The van der Waals surface area contributed by atoms with Gasteiger partial charge in [-0.05, 0) is 17.3 Å². The van der Waals surface area contributed by atoms with Crippen LogP contribution >= 0.6 is 22.6 Å². The molecule has 68 valence electrons. The maximum Gasteiger partial charge on any atom is 0.167 e. The van der Waals surface area contributed by atoms with E-state index in [2.05, 4.69) is 29.5 Å². The smallest absolute Gasteiger partial charge is 0.167 e. The topological polar surface area (TPSA) is 18.5 Å². The molecule has 0 aromatic carbocycles. The van der Waals surface area contributed by atoms with Gasteiger partial charge in [-0.15, -0.1) is 0 Å². The number of rotatable bonds is 6. The summed E-state index contributed by atoms with van der Waals surface area (Å²) in [5.74, 6) is -0.328. The highest BCUT2D eigenvalue weighted by Gasteiger charge is 2.25. The highest BCUT2D eigenvalue weighted by atomic mass is 127. The summed E-state index contributed by atoms with van der Waals surface area (Å²) in [4.78, 5) is 0. The van der Waals surface area contributed by atoms with E-state index >= 15 is 0 Å². The molecule has 11 heavy (non-hydrogen) atoms. The molecule has 0 aliphatic carbocycles. The van der Waals surface area contributed by atoms with E-state index in [0.717, 1.165) is 23.7 Å². The van der Waals surface area contributed by atoms with Crippen LogP contribution in [0.25, 0.3) is 0 Å². The van der Waals surface area contributed by atoms with Crippen molar-refractivity contribution in [3.8, 4) is 0 Å². The van der Waals surface area contributed by atoms with Gasteiger partial charge in [-0.2, -0.15) is 0 Å². The van der Waals surface area contributed by atoms with Crippen LogP contribution in [0.15, 0.2) is 0 Å². The Hall–Kier alpha value is 0.650. The van der Waals surface area contributed by atoms with Gasteiger partial charge in [0.25, 0.3) is 0 Å². The highest BCUT2D eigenvalue weighted by Crippen LogP contribution is 2.22. The van der Waals surface area contributed by atoms with Gasteiger partial charge < -0.3 is 9.47 Å². The Morgan fingerprint density at radius 3 is 2.09 bits per heavy atom. The summed E-state index contributed by atoms with van der Waals surface area (Å²) in [7, 11) is 3.42. The van der Waals surface area contributed by atoms with E-state index in [-0.39, 0.29) is 5.79 Å². The molecular formula is C8H17IO2. The second-order valence-electron chi connectivity index (χ2n) is 2.47. The molecule has 0 radical (unpaired) electrons. The van der Waals surface area contributed by atoms with Crippen molar-refractivity contribution in [1.82, 2.24) is 0 Å². The number of hydrogen-bond donors (Lipinski definition) is 0. The third-order valence-electron chi connectivity index (χ3n) is 1.97. The van der Waals surface area contributed by atoms with E-state index in [0.29, 0.717) is 0 Å². The van der Waals surface area contributed by atoms with Crippen LogP contribution in [0.1, 0.15) is 26.2 Å². The van der Waals surface area contributed by atoms with Crippen molar-refractivity contribution < 1.29 is 9.47 Å². The quantitative estimate of drug-likeness (QED) is 0.420. The Bertz CT molecular complexity index is 83.8. The van der Waals surface area contributed by atoms with Gasteiger partial charge in [-0.3, -0.25) is 0 Å². The van der Waals surface area contributed by atoms with E-state index in [1.165, 1.54) is 0 Å². The second kappa shape index (κ2) is 6.20. The van der Waals surface area contributed by atoms with Crippen LogP contribution in [-0.4, -0.2) is 24.4 Å². The van der Waals surface area contributed by atoms with Gasteiger partial charge in [-0.25, -0.2) is 0 Å². The van der Waals surface area contributed by atoms with Crippen LogP contribution in [0.2, 0.25) is 0 Å². The van der Waals surface area contributed by atoms with Gasteiger partial charge in [0.15, 0.2) is 5.79 Å². The Labute approximate surface area is 82.8 Å². The Balaban J connectivity index is 3.84. The van der Waals surface area contributed by atoms with E-state index in [4.69, 9.17) is 9.47 Å². The van der Waals surface area contributed by atoms with Crippen LogP contribution in [0.4, 0.5) is 0 Å². The Kier molecular flexibility index (Phi) is 6.56. The van der Waals surface area contributed by atoms with Crippen LogP contribution in [0, 0.1) is 0 Å². The molecule has 0 saturated carbocycles. The summed E-state index contributed by atoms with van der Waals surface area (Å²) in [6.45, 7) is 2.08. The van der Waals surface area contributed by atoms with Crippen molar-refractivity contribution in [2.45, 2.75) is 32.0 Å². The van der Waals surface area contributed by atoms with Gasteiger partial charge >= 0.3 is 0 Å². The van der Waals surface area contributed by atoms with Crippen LogP contribution in [-0.2, 0) is 9.47 Å². The van der Waals surface area contributed by atoms with E-state index in [1.54, 1.807) is 14.2 Å². The standard InChI is InChI=1S/C8H17IO2/c1-4-8(10-2,11-3)6-5-7-9/h4-7H2,1-3H3. The van der Waals surface area contributed by atoms with Crippen molar-refractivity contribution >= 4 is 22.6 Å². The van der Waals surface area contributed by atoms with Gasteiger partial charge in [0.1, 0.15) is 0 Å². The third kappa shape index (κ3) is 3.71. The monoisotopic (exact) mass is 272 g/mol. The molecule has 0 bridgehead atoms. The predicted octanol–water partition coefficient (Wildman–Crippen LogP) is 2.60. The predicted molar refractivity (Wildman–Crippen MR) is 55.2 cm³/mol. The summed E-state index contributed by atoms with van der Waals surface area (Å²) in [6.07, 6.45) is 3.05. The van der Waals surface area contributed by atoms with Gasteiger partial charge in [0, 0.05) is 20.6 Å². The zero-order valence-corrected chi connectivity index (χ0v) is 9.68. The molecule has 0 aromatic rings. The van der Waals surface area contributed by atoms with Gasteiger partial charge in [0.05, 0.1) is 0 Å². The number of alkyl halides is 1. The normalized spacial score (nSPS) is 12.0. The first-order valence-electron chi connectivity index (χ1n) is 3.91. The van der Waals surface area contributed by atoms with Crippen molar-refractivity contribution in [2.75, 3.05) is 18.6 Å². The molecule has 0 fully saturated rings. The summed E-state index contributed by atoms with van der Waals surface area (Å²) in [5.41, 5.74) is 0. The third-order valence-corrected chi connectivity index (χ3v) is 2.74. The molecule has 0 aliphatic rings. The maximum atomic E-state index is 5.31. The fourth-order valence-electron chi connectivity index (χ4n) is 1.09. The minimum absolute atomic E-state index is 0.328. The summed E-state index contributed by atoms with van der Waals surface area (Å²) < 4.78 is 11.8. The molecule has 0 amide bonds. The first-order valence-corrected chi connectivity index (χ1v) is 5.43. The van der Waals surface area contributed by atoms with Gasteiger partial charge in [-0.1, -0.05) is 29.5 Å². The molecule has 3 heteroatoms. The highest BCUT2D eigenvalue weighted by molar-refractivity contribution is 14.1. The average molecular weight is 272 g/mol. The Morgan fingerprint density at radius 1 is 1.27 bits per heavy atom. The van der Waals surface area contributed by atoms with Crippen LogP contribution < -0.4 is 0 Å². The van der Waals surface area contributed by atoms with Crippen molar-refractivity contribution in [3.63, 3.8) is 0 Å².